The summed E-state index contributed by atoms with van der Waals surface area (Å²) in [5.74, 6) is 0. The number of rotatable bonds is 6. The zero-order valence-corrected chi connectivity index (χ0v) is 14.9. The number of anilines is 1. The molecule has 0 saturated heterocycles. The Hall–Kier alpha value is -3.66. The van der Waals surface area contributed by atoms with Crippen LogP contribution >= 0.6 is 0 Å². The van der Waals surface area contributed by atoms with E-state index in [4.69, 9.17) is 0 Å². The highest BCUT2D eigenvalue weighted by atomic mass is 15.3. The van der Waals surface area contributed by atoms with Crippen LogP contribution in [0.25, 0.3) is 11.1 Å². The summed E-state index contributed by atoms with van der Waals surface area (Å²) in [6.45, 7) is 0.643. The van der Waals surface area contributed by atoms with Crippen LogP contribution in [0.15, 0.2) is 109 Å². The molecule has 0 aliphatic rings. The van der Waals surface area contributed by atoms with Crippen LogP contribution in [0.2, 0.25) is 0 Å². The van der Waals surface area contributed by atoms with Crippen LogP contribution in [0.1, 0.15) is 5.56 Å². The van der Waals surface area contributed by atoms with E-state index in [0.29, 0.717) is 6.54 Å². The predicted molar refractivity (Wildman–Crippen MR) is 111 cm³/mol. The second-order valence-electron chi connectivity index (χ2n) is 6.21. The molecule has 0 bridgehead atoms. The predicted octanol–water partition coefficient (Wildman–Crippen LogP) is 5.07. The normalized spacial score (nSPS) is 11.3. The summed E-state index contributed by atoms with van der Waals surface area (Å²) >= 11 is 0. The Morgan fingerprint density at radius 2 is 1.48 bits per heavy atom. The highest BCUT2D eigenvalue weighted by Gasteiger charge is 2.06. The summed E-state index contributed by atoms with van der Waals surface area (Å²) in [5.41, 5.74) is 8.53. The van der Waals surface area contributed by atoms with Crippen molar-refractivity contribution < 1.29 is 0 Å². The first-order valence-corrected chi connectivity index (χ1v) is 8.88. The van der Waals surface area contributed by atoms with Gasteiger partial charge in [0.05, 0.1) is 24.3 Å². The van der Waals surface area contributed by atoms with E-state index in [0.717, 1.165) is 17.0 Å². The molecule has 1 aromatic heterocycles. The van der Waals surface area contributed by atoms with E-state index < -0.39 is 0 Å². The van der Waals surface area contributed by atoms with Gasteiger partial charge in [0.25, 0.3) is 0 Å². The molecule has 0 spiro atoms. The van der Waals surface area contributed by atoms with E-state index in [2.05, 4.69) is 64.0 Å². The van der Waals surface area contributed by atoms with E-state index in [9.17, 15) is 0 Å². The van der Waals surface area contributed by atoms with Crippen molar-refractivity contribution in [2.75, 3.05) is 5.43 Å². The van der Waals surface area contributed by atoms with Gasteiger partial charge in [-0.1, -0.05) is 72.8 Å². The van der Waals surface area contributed by atoms with Crippen LogP contribution in [0.5, 0.6) is 0 Å². The van der Waals surface area contributed by atoms with Gasteiger partial charge in [-0.15, -0.1) is 0 Å². The Balaban J connectivity index is 1.61. The molecule has 0 amide bonds. The number of hydrogen-bond acceptors (Lipinski definition) is 3. The molecule has 0 unspecified atom stereocenters. The van der Waals surface area contributed by atoms with Gasteiger partial charge in [-0.05, 0) is 28.8 Å². The third-order valence-corrected chi connectivity index (χ3v) is 4.31. The fourth-order valence-corrected chi connectivity index (χ4v) is 2.87. The lowest BCUT2D eigenvalue weighted by atomic mass is 10.0. The van der Waals surface area contributed by atoms with Gasteiger partial charge in [-0.3, -0.25) is 5.43 Å². The van der Waals surface area contributed by atoms with E-state index >= 15 is 0 Å². The maximum atomic E-state index is 4.66. The third kappa shape index (κ3) is 4.30. The van der Waals surface area contributed by atoms with Crippen molar-refractivity contribution in [2.45, 2.75) is 6.54 Å². The minimum atomic E-state index is 0.643. The molecule has 0 saturated carbocycles. The van der Waals surface area contributed by atoms with Crippen LogP contribution in [-0.4, -0.2) is 15.3 Å². The van der Waals surface area contributed by atoms with Crippen LogP contribution in [0.4, 0.5) is 5.69 Å². The Morgan fingerprint density at radius 1 is 0.815 bits per heavy atom. The van der Waals surface area contributed by atoms with E-state index in [1.54, 1.807) is 12.5 Å². The molecule has 1 heterocycles. The molecule has 4 nitrogen and oxygen atoms in total. The molecule has 0 atom stereocenters. The summed E-state index contributed by atoms with van der Waals surface area (Å²) in [6.07, 6.45) is 5.52. The maximum absolute atomic E-state index is 4.66. The standard InChI is InChI=1S/C23H20N4/c1-3-7-19(8-4-1)20-11-13-21(14-12-20)23(17-27-16-15-24-18-27)26-25-22-9-5-2-6-10-22/h1-16,18,25H,17H2/b26-23-. The van der Waals surface area contributed by atoms with Gasteiger partial charge < -0.3 is 4.57 Å². The average molecular weight is 352 g/mol. The summed E-state index contributed by atoms with van der Waals surface area (Å²) in [5, 5.41) is 4.66. The molecular formula is C23H20N4. The van der Waals surface area contributed by atoms with Gasteiger partial charge >= 0.3 is 0 Å². The highest BCUT2D eigenvalue weighted by molar-refractivity contribution is 6.01. The van der Waals surface area contributed by atoms with E-state index in [1.807, 2.05) is 47.2 Å². The second kappa shape index (κ2) is 8.15. The Labute approximate surface area is 158 Å². The second-order valence-corrected chi connectivity index (χ2v) is 6.21. The Morgan fingerprint density at radius 3 is 2.15 bits per heavy atom. The smallest absolute Gasteiger partial charge is 0.0949 e. The zero-order valence-electron chi connectivity index (χ0n) is 14.9. The molecule has 4 heteroatoms. The molecule has 0 aliphatic heterocycles. The fraction of sp³-hybridized carbons (Fsp3) is 0.0435. The van der Waals surface area contributed by atoms with Crippen molar-refractivity contribution >= 4 is 11.4 Å². The lowest BCUT2D eigenvalue weighted by Gasteiger charge is -2.10. The zero-order chi connectivity index (χ0) is 18.3. The van der Waals surface area contributed by atoms with Crippen LogP contribution in [0, 0.1) is 0 Å². The molecule has 0 fully saturated rings. The topological polar surface area (TPSA) is 42.2 Å². The van der Waals surface area contributed by atoms with Crippen molar-refractivity contribution in [3.8, 4) is 11.1 Å². The number of benzene rings is 3. The third-order valence-electron chi connectivity index (χ3n) is 4.31. The van der Waals surface area contributed by atoms with Gasteiger partial charge in [0.2, 0.25) is 0 Å². The van der Waals surface area contributed by atoms with Crippen molar-refractivity contribution in [2.24, 2.45) is 5.10 Å². The van der Waals surface area contributed by atoms with E-state index in [1.165, 1.54) is 11.1 Å². The van der Waals surface area contributed by atoms with Crippen LogP contribution in [-0.2, 0) is 6.54 Å². The molecule has 0 aliphatic carbocycles. The first kappa shape index (κ1) is 16.8. The van der Waals surface area contributed by atoms with Crippen molar-refractivity contribution in [1.29, 1.82) is 0 Å². The molecule has 27 heavy (non-hydrogen) atoms. The number of para-hydroxylation sites is 1. The van der Waals surface area contributed by atoms with Crippen molar-refractivity contribution in [3.05, 3.63) is 109 Å². The van der Waals surface area contributed by atoms with Crippen LogP contribution in [0.3, 0.4) is 0 Å². The lowest BCUT2D eigenvalue weighted by Crippen LogP contribution is -2.12. The monoisotopic (exact) mass is 352 g/mol. The first-order valence-electron chi connectivity index (χ1n) is 8.88. The van der Waals surface area contributed by atoms with Gasteiger partial charge in [0.15, 0.2) is 0 Å². The SMILES string of the molecule is c1ccc(N/N=C(/Cn2ccnc2)c2ccc(-c3ccccc3)cc2)cc1. The van der Waals surface area contributed by atoms with Crippen molar-refractivity contribution in [3.63, 3.8) is 0 Å². The van der Waals surface area contributed by atoms with Gasteiger partial charge in [-0.25, -0.2) is 4.98 Å². The van der Waals surface area contributed by atoms with Crippen molar-refractivity contribution in [1.82, 2.24) is 9.55 Å². The quantitative estimate of drug-likeness (QED) is 0.389. The summed E-state index contributed by atoms with van der Waals surface area (Å²) < 4.78 is 2.01. The number of aromatic nitrogens is 2. The number of imidazole rings is 1. The van der Waals surface area contributed by atoms with E-state index in [-0.39, 0.29) is 0 Å². The molecule has 0 radical (unpaired) electrons. The average Bonchev–Trinajstić information content (AvgIpc) is 3.26. The molecule has 1 N–H and O–H groups in total. The molecule has 3 aromatic carbocycles. The number of hydrogen-bond donors (Lipinski definition) is 1. The Kier molecular flexibility index (Phi) is 5.07. The van der Waals surface area contributed by atoms with Crippen LogP contribution < -0.4 is 5.43 Å². The minimum Gasteiger partial charge on any atom is -0.331 e. The van der Waals surface area contributed by atoms with Gasteiger partial charge in [0.1, 0.15) is 0 Å². The Bertz CT molecular complexity index is 989. The van der Waals surface area contributed by atoms with Gasteiger partial charge in [-0.2, -0.15) is 5.10 Å². The summed E-state index contributed by atoms with van der Waals surface area (Å²) in [7, 11) is 0. The summed E-state index contributed by atoms with van der Waals surface area (Å²) in [4.78, 5) is 4.13. The lowest BCUT2D eigenvalue weighted by molar-refractivity contribution is 0.848. The van der Waals surface area contributed by atoms with Gasteiger partial charge in [0, 0.05) is 12.4 Å². The molecule has 4 aromatic rings. The highest BCUT2D eigenvalue weighted by Crippen LogP contribution is 2.20. The minimum absolute atomic E-state index is 0.643. The number of nitrogens with zero attached hydrogens (tertiary/aromatic N) is 3. The first-order chi connectivity index (χ1) is 13.4. The number of nitrogens with one attached hydrogen (secondary N) is 1. The molecule has 132 valence electrons. The largest absolute Gasteiger partial charge is 0.331 e. The molecular weight excluding hydrogens is 332 g/mol. The summed E-state index contributed by atoms with van der Waals surface area (Å²) in [6, 6.07) is 28.8. The molecule has 4 rings (SSSR count). The maximum Gasteiger partial charge on any atom is 0.0949 e. The fourth-order valence-electron chi connectivity index (χ4n) is 2.87. The number of hydrazone groups is 1.